The van der Waals surface area contributed by atoms with Crippen molar-refractivity contribution in [1.29, 1.82) is 0 Å². The van der Waals surface area contributed by atoms with Gasteiger partial charge in [0.05, 0.1) is 24.8 Å². The van der Waals surface area contributed by atoms with Gasteiger partial charge in [0.2, 0.25) is 0 Å². The topological polar surface area (TPSA) is 71.1 Å². The molecule has 1 atom stereocenters. The minimum absolute atomic E-state index is 0.0206. The first-order chi connectivity index (χ1) is 17.5. The summed E-state index contributed by atoms with van der Waals surface area (Å²) in [5, 5.41) is 0.464. The summed E-state index contributed by atoms with van der Waals surface area (Å²) < 4.78 is 22.1. The van der Waals surface area contributed by atoms with Crippen molar-refractivity contribution in [3.8, 4) is 11.5 Å². The molecule has 0 aliphatic heterocycles. The molecule has 6 nitrogen and oxygen atoms in total. The van der Waals surface area contributed by atoms with Gasteiger partial charge in [0, 0.05) is 30.6 Å². The molecule has 0 aliphatic rings. The molecule has 0 saturated carbocycles. The van der Waals surface area contributed by atoms with Crippen molar-refractivity contribution >= 4 is 23.4 Å². The summed E-state index contributed by atoms with van der Waals surface area (Å²) >= 11 is 6.38. The second-order valence-corrected chi connectivity index (χ2v) is 8.34. The number of hydrogen-bond acceptors (Lipinski definition) is 6. The number of carbonyl (C=O) groups excluding carboxylic acids is 2. The molecule has 36 heavy (non-hydrogen) atoms. The number of esters is 1. The van der Waals surface area contributed by atoms with Gasteiger partial charge in [-0.15, -0.1) is 0 Å². The van der Waals surface area contributed by atoms with Crippen LogP contribution in [0, 0.1) is 0 Å². The molecule has 0 aliphatic carbocycles. The lowest BCUT2D eigenvalue weighted by molar-refractivity contribution is -0.156. The molecule has 0 unspecified atom stereocenters. The van der Waals surface area contributed by atoms with Crippen LogP contribution in [0.1, 0.15) is 41.8 Å². The summed E-state index contributed by atoms with van der Waals surface area (Å²) in [4.78, 5) is 24.6. The zero-order chi connectivity index (χ0) is 25.8. The van der Waals surface area contributed by atoms with E-state index in [1.54, 1.807) is 55.5 Å². The van der Waals surface area contributed by atoms with Crippen molar-refractivity contribution in [3.63, 3.8) is 0 Å². The van der Waals surface area contributed by atoms with Crippen LogP contribution in [-0.2, 0) is 20.7 Å². The Bertz CT molecular complexity index is 1110. The number of halogens is 1. The molecule has 3 aromatic carbocycles. The van der Waals surface area contributed by atoms with Crippen molar-refractivity contribution in [2.75, 3.05) is 26.4 Å². The van der Waals surface area contributed by atoms with Gasteiger partial charge in [0.1, 0.15) is 11.5 Å². The van der Waals surface area contributed by atoms with E-state index in [-0.39, 0.29) is 11.8 Å². The highest BCUT2D eigenvalue weighted by molar-refractivity contribution is 6.32. The van der Waals surface area contributed by atoms with Crippen LogP contribution in [0.25, 0.3) is 0 Å². The Morgan fingerprint density at radius 3 is 2.19 bits per heavy atom. The zero-order valence-electron chi connectivity index (χ0n) is 20.6. The summed E-state index contributed by atoms with van der Waals surface area (Å²) in [5.41, 5.74) is 2.13. The molecule has 0 bridgehead atoms. The first-order valence-electron chi connectivity index (χ1n) is 12.0. The first-order valence-corrected chi connectivity index (χ1v) is 12.4. The fraction of sp³-hybridized carbons (Fsp3) is 0.310. The Labute approximate surface area is 217 Å². The van der Waals surface area contributed by atoms with Crippen molar-refractivity contribution < 1.29 is 28.5 Å². The molecule has 7 heteroatoms. The second kappa shape index (κ2) is 14.3. The van der Waals surface area contributed by atoms with Crippen LogP contribution in [0.5, 0.6) is 11.5 Å². The summed E-state index contributed by atoms with van der Waals surface area (Å²) in [7, 11) is 0. The number of benzene rings is 3. The summed E-state index contributed by atoms with van der Waals surface area (Å²) in [6.45, 7) is 5.20. The predicted octanol–water partition coefficient (Wildman–Crippen LogP) is 5.93. The molecule has 3 rings (SSSR count). The van der Waals surface area contributed by atoms with Gasteiger partial charge in [-0.3, -0.25) is 4.79 Å². The lowest BCUT2D eigenvalue weighted by Crippen LogP contribution is -2.29. The number of ether oxygens (including phenoxy) is 4. The van der Waals surface area contributed by atoms with Crippen LogP contribution in [0.15, 0.2) is 72.8 Å². The van der Waals surface area contributed by atoms with Gasteiger partial charge in [0.15, 0.2) is 11.9 Å². The minimum atomic E-state index is -0.666. The van der Waals surface area contributed by atoms with Gasteiger partial charge < -0.3 is 18.9 Å². The van der Waals surface area contributed by atoms with Crippen molar-refractivity contribution in [2.45, 2.75) is 32.8 Å². The van der Waals surface area contributed by atoms with Gasteiger partial charge in [0.25, 0.3) is 0 Å². The molecule has 190 valence electrons. The molecule has 0 radical (unpaired) electrons. The molecule has 0 spiro atoms. The average Bonchev–Trinajstić information content (AvgIpc) is 2.90. The molecular formula is C29H31ClO6. The van der Waals surface area contributed by atoms with Gasteiger partial charge in [-0.05, 0) is 55.8 Å². The van der Waals surface area contributed by atoms with Crippen LogP contribution in [0.2, 0.25) is 5.02 Å². The van der Waals surface area contributed by atoms with Gasteiger partial charge in [-0.1, -0.05) is 48.0 Å². The van der Waals surface area contributed by atoms with E-state index >= 15 is 0 Å². The molecule has 3 aromatic rings. The van der Waals surface area contributed by atoms with Crippen molar-refractivity contribution in [3.05, 3.63) is 94.5 Å². The Hall–Kier alpha value is -3.35. The molecule has 0 amide bonds. The van der Waals surface area contributed by atoms with Gasteiger partial charge >= 0.3 is 5.97 Å². The Kier molecular flexibility index (Phi) is 10.8. The van der Waals surface area contributed by atoms with Crippen LogP contribution in [-0.4, -0.2) is 44.3 Å². The van der Waals surface area contributed by atoms with E-state index < -0.39 is 6.10 Å². The van der Waals surface area contributed by atoms with E-state index in [1.807, 2.05) is 31.2 Å². The predicted molar refractivity (Wildman–Crippen MR) is 139 cm³/mol. The van der Waals surface area contributed by atoms with E-state index in [2.05, 4.69) is 0 Å². The quantitative estimate of drug-likeness (QED) is 0.152. The number of ketones is 1. The third-order valence-electron chi connectivity index (χ3n) is 5.30. The Morgan fingerprint density at radius 1 is 0.833 bits per heavy atom. The van der Waals surface area contributed by atoms with Crippen LogP contribution in [0.3, 0.4) is 0 Å². The van der Waals surface area contributed by atoms with E-state index in [9.17, 15) is 9.59 Å². The number of rotatable bonds is 14. The average molecular weight is 511 g/mol. The van der Waals surface area contributed by atoms with E-state index in [4.69, 9.17) is 30.5 Å². The number of hydrogen-bond donors (Lipinski definition) is 0. The molecule has 0 N–H and O–H groups in total. The van der Waals surface area contributed by atoms with E-state index in [0.29, 0.717) is 66.9 Å². The smallest absolute Gasteiger partial charge is 0.335 e. The first kappa shape index (κ1) is 27.2. The second-order valence-electron chi connectivity index (χ2n) is 7.93. The van der Waals surface area contributed by atoms with Crippen LogP contribution >= 0.6 is 11.6 Å². The summed E-state index contributed by atoms with van der Waals surface area (Å²) in [5.74, 6) is 0.849. The standard InChI is InChI=1S/C29H31ClO6/c1-3-33-27(29(32)34-4-2)20-21-11-16-26(25(30)19-21)36-18-8-17-35-24-14-12-23(13-15-24)28(31)22-9-6-5-7-10-22/h5-7,9-16,19,27H,3-4,8,17-18,20H2,1-2H3/t27-/m0/s1. The largest absolute Gasteiger partial charge is 0.493 e. The van der Waals surface area contributed by atoms with Crippen molar-refractivity contribution in [2.24, 2.45) is 0 Å². The lowest BCUT2D eigenvalue weighted by atomic mass is 10.0. The molecular weight excluding hydrogens is 480 g/mol. The van der Waals surface area contributed by atoms with Gasteiger partial charge in [-0.25, -0.2) is 4.79 Å². The van der Waals surface area contributed by atoms with E-state index in [1.165, 1.54) is 0 Å². The highest BCUT2D eigenvalue weighted by Gasteiger charge is 2.21. The SMILES string of the molecule is CCOC(=O)[C@H](Cc1ccc(OCCCOc2ccc(C(=O)c3ccccc3)cc2)c(Cl)c1)OCC. The van der Waals surface area contributed by atoms with Crippen LogP contribution in [0.4, 0.5) is 0 Å². The maximum Gasteiger partial charge on any atom is 0.335 e. The molecule has 0 heterocycles. The molecule has 0 fully saturated rings. The number of carbonyl (C=O) groups is 2. The zero-order valence-corrected chi connectivity index (χ0v) is 21.3. The lowest BCUT2D eigenvalue weighted by Gasteiger charge is -2.16. The third-order valence-corrected chi connectivity index (χ3v) is 5.60. The van der Waals surface area contributed by atoms with E-state index in [0.717, 1.165) is 5.56 Å². The third kappa shape index (κ3) is 8.11. The van der Waals surface area contributed by atoms with Crippen molar-refractivity contribution in [1.82, 2.24) is 0 Å². The molecule has 0 aromatic heterocycles. The summed E-state index contributed by atoms with van der Waals surface area (Å²) in [6, 6.07) is 21.7. The Balaban J connectivity index is 1.43. The fourth-order valence-electron chi connectivity index (χ4n) is 3.54. The summed E-state index contributed by atoms with van der Waals surface area (Å²) in [6.07, 6.45) is 0.356. The molecule has 0 saturated heterocycles. The Morgan fingerprint density at radius 2 is 1.53 bits per heavy atom. The highest BCUT2D eigenvalue weighted by Crippen LogP contribution is 2.26. The maximum atomic E-state index is 12.5. The highest BCUT2D eigenvalue weighted by atomic mass is 35.5. The fourth-order valence-corrected chi connectivity index (χ4v) is 3.80. The monoisotopic (exact) mass is 510 g/mol. The van der Waals surface area contributed by atoms with Crippen LogP contribution < -0.4 is 9.47 Å². The maximum absolute atomic E-state index is 12.5. The minimum Gasteiger partial charge on any atom is -0.493 e. The normalized spacial score (nSPS) is 11.5. The van der Waals surface area contributed by atoms with Gasteiger partial charge in [-0.2, -0.15) is 0 Å².